The number of halogens is 2. The van der Waals surface area contributed by atoms with Crippen molar-refractivity contribution in [3.05, 3.63) is 27.2 Å². The van der Waals surface area contributed by atoms with Crippen LogP contribution in [0.15, 0.2) is 16.6 Å². The molecule has 0 spiro atoms. The van der Waals surface area contributed by atoms with Crippen molar-refractivity contribution in [2.45, 2.75) is 6.42 Å². The summed E-state index contributed by atoms with van der Waals surface area (Å²) in [6.45, 7) is 0. The van der Waals surface area contributed by atoms with E-state index in [4.69, 9.17) is 17.3 Å². The van der Waals surface area contributed by atoms with Gasteiger partial charge in [-0.25, -0.2) is 0 Å². The van der Waals surface area contributed by atoms with Crippen LogP contribution in [-0.2, 0) is 11.2 Å². The predicted octanol–water partition coefficient (Wildman–Crippen LogP) is 2.43. The summed E-state index contributed by atoms with van der Waals surface area (Å²) in [4.78, 5) is 10.2. The molecule has 0 atom stereocenters. The molecule has 0 heterocycles. The zero-order chi connectivity index (χ0) is 9.14. The van der Waals surface area contributed by atoms with Gasteiger partial charge in [-0.1, -0.05) is 11.6 Å². The quantitative estimate of drug-likeness (QED) is 0.645. The number of aldehydes is 1. The molecular formula is C8H7BrClNO. The number of benzene rings is 1. The fourth-order valence-electron chi connectivity index (χ4n) is 0.870. The van der Waals surface area contributed by atoms with Crippen molar-refractivity contribution in [3.63, 3.8) is 0 Å². The Labute approximate surface area is 83.8 Å². The van der Waals surface area contributed by atoms with Gasteiger partial charge in [-0.05, 0) is 33.6 Å². The summed E-state index contributed by atoms with van der Waals surface area (Å²) in [5, 5.41) is 0.570. The van der Waals surface area contributed by atoms with Gasteiger partial charge in [0.25, 0.3) is 0 Å². The summed E-state index contributed by atoms with van der Waals surface area (Å²) in [6, 6.07) is 3.39. The fourth-order valence-corrected chi connectivity index (χ4v) is 1.42. The molecule has 1 aromatic carbocycles. The highest BCUT2D eigenvalue weighted by molar-refractivity contribution is 9.10. The molecule has 1 rings (SSSR count). The Morgan fingerprint density at radius 2 is 2.25 bits per heavy atom. The summed E-state index contributed by atoms with van der Waals surface area (Å²) >= 11 is 9.03. The van der Waals surface area contributed by atoms with Crippen molar-refractivity contribution in [3.8, 4) is 0 Å². The Morgan fingerprint density at radius 1 is 1.58 bits per heavy atom. The molecule has 0 saturated carbocycles. The van der Waals surface area contributed by atoms with E-state index in [0.29, 0.717) is 17.1 Å². The normalized spacial score (nSPS) is 9.83. The Balaban J connectivity index is 3.13. The zero-order valence-corrected chi connectivity index (χ0v) is 8.52. The number of hydrogen-bond acceptors (Lipinski definition) is 2. The molecule has 0 saturated heterocycles. The molecule has 4 heteroatoms. The lowest BCUT2D eigenvalue weighted by molar-refractivity contribution is -0.107. The number of nitrogens with two attached hydrogens (primary N) is 1. The van der Waals surface area contributed by atoms with Gasteiger partial charge in [0.1, 0.15) is 6.29 Å². The molecule has 0 fully saturated rings. The van der Waals surface area contributed by atoms with Crippen LogP contribution < -0.4 is 5.73 Å². The third-order valence-corrected chi connectivity index (χ3v) is 2.68. The smallest absolute Gasteiger partial charge is 0.124 e. The standard InChI is InChI=1S/C8H7BrClNO/c9-6-4-8(11)5(1-2-12)3-7(6)10/h2-4H,1,11H2. The first kappa shape index (κ1) is 9.55. The zero-order valence-electron chi connectivity index (χ0n) is 6.18. The van der Waals surface area contributed by atoms with Crippen molar-refractivity contribution >= 4 is 39.5 Å². The lowest BCUT2D eigenvalue weighted by Crippen LogP contribution is -1.95. The van der Waals surface area contributed by atoms with E-state index in [-0.39, 0.29) is 0 Å². The molecule has 0 aliphatic heterocycles. The Hall–Kier alpha value is -0.540. The number of carbonyl (C=O) groups is 1. The minimum atomic E-state index is 0.304. The predicted molar refractivity (Wildman–Crippen MR) is 53.3 cm³/mol. The molecule has 0 bridgehead atoms. The van der Waals surface area contributed by atoms with Crippen molar-refractivity contribution in [1.29, 1.82) is 0 Å². The molecule has 64 valence electrons. The Kier molecular flexibility index (Phi) is 3.12. The van der Waals surface area contributed by atoms with Gasteiger partial charge in [-0.2, -0.15) is 0 Å². The molecule has 0 amide bonds. The highest BCUT2D eigenvalue weighted by atomic mass is 79.9. The van der Waals surface area contributed by atoms with Gasteiger partial charge < -0.3 is 10.5 Å². The summed E-state index contributed by atoms with van der Waals surface area (Å²) in [5.41, 5.74) is 6.97. The van der Waals surface area contributed by atoms with Crippen LogP contribution in [0.5, 0.6) is 0 Å². The first-order chi connectivity index (χ1) is 5.65. The topological polar surface area (TPSA) is 43.1 Å². The van der Waals surface area contributed by atoms with Gasteiger partial charge in [0.15, 0.2) is 0 Å². The van der Waals surface area contributed by atoms with Gasteiger partial charge in [0, 0.05) is 16.6 Å². The van der Waals surface area contributed by atoms with Crippen LogP contribution in [-0.4, -0.2) is 6.29 Å². The second kappa shape index (κ2) is 3.92. The highest BCUT2D eigenvalue weighted by Crippen LogP contribution is 2.27. The first-order valence-electron chi connectivity index (χ1n) is 3.32. The van der Waals surface area contributed by atoms with Gasteiger partial charge in [-0.15, -0.1) is 0 Å². The molecule has 2 nitrogen and oxygen atoms in total. The van der Waals surface area contributed by atoms with E-state index >= 15 is 0 Å². The number of anilines is 1. The van der Waals surface area contributed by atoms with E-state index in [1.165, 1.54) is 0 Å². The molecule has 0 aliphatic rings. The van der Waals surface area contributed by atoms with Crippen molar-refractivity contribution in [2.24, 2.45) is 0 Å². The monoisotopic (exact) mass is 247 g/mol. The van der Waals surface area contributed by atoms with Crippen molar-refractivity contribution in [2.75, 3.05) is 5.73 Å². The van der Waals surface area contributed by atoms with E-state index in [0.717, 1.165) is 16.3 Å². The van der Waals surface area contributed by atoms with Crippen LogP contribution in [0, 0.1) is 0 Å². The van der Waals surface area contributed by atoms with Crippen LogP contribution in [0.3, 0.4) is 0 Å². The average Bonchev–Trinajstić information content (AvgIpc) is 2.01. The van der Waals surface area contributed by atoms with Crippen molar-refractivity contribution in [1.82, 2.24) is 0 Å². The fraction of sp³-hybridized carbons (Fsp3) is 0.125. The largest absolute Gasteiger partial charge is 0.398 e. The maximum absolute atomic E-state index is 10.2. The number of nitrogen functional groups attached to an aromatic ring is 1. The summed E-state index contributed by atoms with van der Waals surface area (Å²) < 4.78 is 0.747. The Morgan fingerprint density at radius 3 is 2.83 bits per heavy atom. The van der Waals surface area contributed by atoms with Crippen LogP contribution in [0.1, 0.15) is 5.56 Å². The minimum absolute atomic E-state index is 0.304. The highest BCUT2D eigenvalue weighted by Gasteiger charge is 2.03. The van der Waals surface area contributed by atoms with E-state index in [2.05, 4.69) is 15.9 Å². The average molecular weight is 249 g/mol. The molecule has 0 aliphatic carbocycles. The molecular weight excluding hydrogens is 241 g/mol. The molecule has 0 radical (unpaired) electrons. The number of rotatable bonds is 2. The van der Waals surface area contributed by atoms with Crippen LogP contribution in [0.2, 0.25) is 5.02 Å². The maximum Gasteiger partial charge on any atom is 0.124 e. The first-order valence-corrected chi connectivity index (χ1v) is 4.49. The SMILES string of the molecule is Nc1cc(Br)c(Cl)cc1CC=O. The van der Waals surface area contributed by atoms with E-state index in [1.54, 1.807) is 12.1 Å². The van der Waals surface area contributed by atoms with Gasteiger partial charge in [-0.3, -0.25) is 0 Å². The van der Waals surface area contributed by atoms with Crippen LogP contribution >= 0.6 is 27.5 Å². The molecule has 1 aromatic rings. The van der Waals surface area contributed by atoms with Gasteiger partial charge in [0.05, 0.1) is 5.02 Å². The van der Waals surface area contributed by atoms with Gasteiger partial charge >= 0.3 is 0 Å². The third kappa shape index (κ3) is 1.99. The molecule has 12 heavy (non-hydrogen) atoms. The van der Waals surface area contributed by atoms with Crippen LogP contribution in [0.25, 0.3) is 0 Å². The van der Waals surface area contributed by atoms with E-state index in [9.17, 15) is 4.79 Å². The lowest BCUT2D eigenvalue weighted by Gasteiger charge is -2.03. The summed E-state index contributed by atoms with van der Waals surface area (Å²) in [7, 11) is 0. The van der Waals surface area contributed by atoms with E-state index in [1.807, 2.05) is 0 Å². The van der Waals surface area contributed by atoms with E-state index < -0.39 is 0 Å². The summed E-state index contributed by atoms with van der Waals surface area (Å²) in [6.07, 6.45) is 1.11. The second-order valence-corrected chi connectivity index (χ2v) is 3.60. The lowest BCUT2D eigenvalue weighted by atomic mass is 10.1. The molecule has 0 unspecified atom stereocenters. The van der Waals surface area contributed by atoms with Gasteiger partial charge in [0.2, 0.25) is 0 Å². The van der Waals surface area contributed by atoms with Crippen molar-refractivity contribution < 1.29 is 4.79 Å². The maximum atomic E-state index is 10.2. The van der Waals surface area contributed by atoms with Crippen LogP contribution in [0.4, 0.5) is 5.69 Å². The number of hydrogen-bond donors (Lipinski definition) is 1. The second-order valence-electron chi connectivity index (χ2n) is 2.34. The summed E-state index contributed by atoms with van der Waals surface area (Å²) in [5.74, 6) is 0. The molecule has 0 aromatic heterocycles. The Bertz CT molecular complexity index is 314. The number of carbonyl (C=O) groups excluding carboxylic acids is 1. The third-order valence-electron chi connectivity index (χ3n) is 1.49. The molecule has 2 N–H and O–H groups in total. The minimum Gasteiger partial charge on any atom is -0.398 e.